The SMILES string of the molecule is O=C(O)Nc1[c]scc1. The molecule has 0 atom stereocenters. The third kappa shape index (κ3) is 1.73. The predicted molar refractivity (Wildman–Crippen MR) is 34.8 cm³/mol. The lowest BCUT2D eigenvalue weighted by atomic mass is 10.5. The van der Waals surface area contributed by atoms with E-state index in [2.05, 4.69) is 10.7 Å². The Morgan fingerprint density at radius 3 is 3.11 bits per heavy atom. The highest BCUT2D eigenvalue weighted by molar-refractivity contribution is 7.07. The topological polar surface area (TPSA) is 49.3 Å². The van der Waals surface area contributed by atoms with E-state index in [9.17, 15) is 4.79 Å². The van der Waals surface area contributed by atoms with Gasteiger partial charge in [0.15, 0.2) is 0 Å². The van der Waals surface area contributed by atoms with Gasteiger partial charge >= 0.3 is 6.09 Å². The molecule has 1 amide bonds. The molecule has 3 nitrogen and oxygen atoms in total. The maximum absolute atomic E-state index is 9.94. The van der Waals surface area contributed by atoms with Crippen LogP contribution in [0, 0.1) is 5.38 Å². The van der Waals surface area contributed by atoms with Gasteiger partial charge in [-0.1, -0.05) is 0 Å². The van der Waals surface area contributed by atoms with E-state index in [1.54, 1.807) is 11.4 Å². The van der Waals surface area contributed by atoms with Crippen molar-refractivity contribution in [3.8, 4) is 0 Å². The first kappa shape index (κ1) is 6.10. The summed E-state index contributed by atoms with van der Waals surface area (Å²) in [7, 11) is 0. The van der Waals surface area contributed by atoms with E-state index in [-0.39, 0.29) is 0 Å². The highest BCUT2D eigenvalue weighted by atomic mass is 32.1. The van der Waals surface area contributed by atoms with E-state index < -0.39 is 6.09 Å². The predicted octanol–water partition coefficient (Wildman–Crippen LogP) is 1.64. The van der Waals surface area contributed by atoms with E-state index in [1.807, 2.05) is 0 Å². The molecule has 1 aromatic heterocycles. The van der Waals surface area contributed by atoms with Crippen LogP contribution in [-0.4, -0.2) is 11.2 Å². The molecular weight excluding hydrogens is 138 g/mol. The quantitative estimate of drug-likeness (QED) is 0.626. The average Bonchev–Trinajstić information content (AvgIpc) is 2.15. The molecular formula is C5H4NO2S. The summed E-state index contributed by atoms with van der Waals surface area (Å²) in [5.74, 6) is 0. The molecule has 0 aliphatic carbocycles. The molecule has 0 spiro atoms. The van der Waals surface area contributed by atoms with Crippen molar-refractivity contribution in [1.29, 1.82) is 0 Å². The van der Waals surface area contributed by atoms with Gasteiger partial charge in [0.2, 0.25) is 0 Å². The molecule has 1 aromatic rings. The van der Waals surface area contributed by atoms with Crippen LogP contribution in [0.4, 0.5) is 10.5 Å². The summed E-state index contributed by atoms with van der Waals surface area (Å²) in [6.07, 6.45) is -1.05. The minimum Gasteiger partial charge on any atom is -0.465 e. The Bertz CT molecular complexity index is 195. The number of rotatable bonds is 1. The summed E-state index contributed by atoms with van der Waals surface area (Å²) in [5, 5.41) is 14.8. The van der Waals surface area contributed by atoms with Crippen molar-refractivity contribution in [3.05, 3.63) is 16.8 Å². The highest BCUT2D eigenvalue weighted by Gasteiger charge is 1.95. The van der Waals surface area contributed by atoms with Gasteiger partial charge in [0.05, 0.1) is 11.1 Å². The molecule has 0 saturated heterocycles. The van der Waals surface area contributed by atoms with Crippen molar-refractivity contribution in [2.24, 2.45) is 0 Å². The standard InChI is InChI=1S/C5H4NO2S/c7-5(8)6-4-1-2-9-3-4/h1-2,6H,(H,7,8). The molecule has 9 heavy (non-hydrogen) atoms. The van der Waals surface area contributed by atoms with Gasteiger partial charge in [0, 0.05) is 0 Å². The van der Waals surface area contributed by atoms with Gasteiger partial charge in [0.1, 0.15) is 0 Å². The van der Waals surface area contributed by atoms with Crippen LogP contribution in [0.3, 0.4) is 0 Å². The van der Waals surface area contributed by atoms with E-state index >= 15 is 0 Å². The molecule has 0 aliphatic rings. The summed E-state index contributed by atoms with van der Waals surface area (Å²) in [6, 6.07) is 1.65. The average molecular weight is 142 g/mol. The molecule has 4 heteroatoms. The summed E-state index contributed by atoms with van der Waals surface area (Å²) in [4.78, 5) is 9.94. The van der Waals surface area contributed by atoms with Crippen molar-refractivity contribution in [2.45, 2.75) is 0 Å². The van der Waals surface area contributed by atoms with Crippen LogP contribution in [-0.2, 0) is 0 Å². The Morgan fingerprint density at radius 2 is 2.67 bits per heavy atom. The number of nitrogens with one attached hydrogen (secondary N) is 1. The Balaban J connectivity index is 2.58. The Labute approximate surface area is 55.9 Å². The molecule has 0 aromatic carbocycles. The number of amides is 1. The fraction of sp³-hybridized carbons (Fsp3) is 0. The first-order chi connectivity index (χ1) is 4.29. The lowest BCUT2D eigenvalue weighted by Crippen LogP contribution is -2.05. The van der Waals surface area contributed by atoms with Gasteiger partial charge in [0.25, 0.3) is 0 Å². The molecule has 1 radical (unpaired) electrons. The summed E-state index contributed by atoms with van der Waals surface area (Å²) in [5.41, 5.74) is 0.507. The van der Waals surface area contributed by atoms with Gasteiger partial charge in [-0.05, 0) is 11.4 Å². The first-order valence-corrected chi connectivity index (χ1v) is 3.12. The molecule has 0 aliphatic heterocycles. The second-order valence-electron chi connectivity index (χ2n) is 1.37. The second-order valence-corrected chi connectivity index (χ2v) is 2.08. The van der Waals surface area contributed by atoms with Crippen LogP contribution < -0.4 is 5.32 Å². The monoisotopic (exact) mass is 142 g/mol. The number of hydrogen-bond donors (Lipinski definition) is 2. The van der Waals surface area contributed by atoms with Crippen molar-refractivity contribution in [2.75, 3.05) is 5.32 Å². The molecule has 1 heterocycles. The lowest BCUT2D eigenvalue weighted by Gasteiger charge is -1.90. The van der Waals surface area contributed by atoms with Crippen molar-refractivity contribution in [1.82, 2.24) is 0 Å². The third-order valence-electron chi connectivity index (χ3n) is 0.713. The van der Waals surface area contributed by atoms with Crippen molar-refractivity contribution in [3.63, 3.8) is 0 Å². The maximum atomic E-state index is 9.94. The van der Waals surface area contributed by atoms with E-state index in [4.69, 9.17) is 5.11 Å². The molecule has 2 N–H and O–H groups in total. The minimum atomic E-state index is -1.05. The molecule has 0 fully saturated rings. The Kier molecular flexibility index (Phi) is 1.69. The molecule has 47 valence electrons. The number of thiophene rings is 1. The molecule has 0 unspecified atom stereocenters. The van der Waals surface area contributed by atoms with Gasteiger partial charge in [-0.25, -0.2) is 4.79 Å². The van der Waals surface area contributed by atoms with Crippen LogP contribution in [0.5, 0.6) is 0 Å². The largest absolute Gasteiger partial charge is 0.465 e. The van der Waals surface area contributed by atoms with E-state index in [0.29, 0.717) is 5.69 Å². The fourth-order valence-electron chi connectivity index (χ4n) is 0.416. The zero-order valence-corrected chi connectivity index (χ0v) is 5.23. The molecule has 0 saturated carbocycles. The van der Waals surface area contributed by atoms with Crippen LogP contribution in [0.2, 0.25) is 0 Å². The maximum Gasteiger partial charge on any atom is 0.409 e. The third-order valence-corrected chi connectivity index (χ3v) is 1.32. The first-order valence-electron chi connectivity index (χ1n) is 2.24. The normalized spacial score (nSPS) is 8.89. The second kappa shape index (κ2) is 2.50. The summed E-state index contributed by atoms with van der Waals surface area (Å²) < 4.78 is 0. The lowest BCUT2D eigenvalue weighted by molar-refractivity contribution is 0.210. The van der Waals surface area contributed by atoms with Gasteiger partial charge in [-0.15, -0.1) is 11.3 Å². The highest BCUT2D eigenvalue weighted by Crippen LogP contribution is 2.09. The van der Waals surface area contributed by atoms with E-state index in [0.717, 1.165) is 0 Å². The smallest absolute Gasteiger partial charge is 0.409 e. The van der Waals surface area contributed by atoms with Crippen molar-refractivity contribution < 1.29 is 9.90 Å². The summed E-state index contributed by atoms with van der Waals surface area (Å²) >= 11 is 1.33. The van der Waals surface area contributed by atoms with Crippen molar-refractivity contribution >= 4 is 23.1 Å². The van der Waals surface area contributed by atoms with Gasteiger partial charge in [-0.3, -0.25) is 5.32 Å². The van der Waals surface area contributed by atoms with Crippen LogP contribution in [0.15, 0.2) is 11.4 Å². The Morgan fingerprint density at radius 1 is 1.89 bits per heavy atom. The zero-order chi connectivity index (χ0) is 6.69. The number of carboxylic acid groups (broad SMARTS) is 1. The fourth-order valence-corrected chi connectivity index (χ4v) is 0.934. The van der Waals surface area contributed by atoms with Crippen LogP contribution in [0.25, 0.3) is 0 Å². The summed E-state index contributed by atoms with van der Waals surface area (Å²) in [6.45, 7) is 0. The van der Waals surface area contributed by atoms with Gasteiger partial charge < -0.3 is 5.11 Å². The van der Waals surface area contributed by atoms with Crippen LogP contribution >= 0.6 is 11.3 Å². The molecule has 0 bridgehead atoms. The number of carbonyl (C=O) groups is 1. The number of anilines is 1. The Hall–Kier alpha value is -1.03. The molecule has 1 rings (SSSR count). The van der Waals surface area contributed by atoms with Gasteiger partial charge in [-0.2, -0.15) is 0 Å². The zero-order valence-electron chi connectivity index (χ0n) is 4.42. The van der Waals surface area contributed by atoms with E-state index in [1.165, 1.54) is 11.3 Å². The van der Waals surface area contributed by atoms with Crippen LogP contribution in [0.1, 0.15) is 0 Å². The minimum absolute atomic E-state index is 0.507. The number of hydrogen-bond acceptors (Lipinski definition) is 2.